The maximum absolute atomic E-state index is 11.3. The Balaban J connectivity index is 3.30. The lowest BCUT2D eigenvalue weighted by molar-refractivity contribution is -0.125. The fourth-order valence-electron chi connectivity index (χ4n) is 1.06. The summed E-state index contributed by atoms with van der Waals surface area (Å²) >= 11 is 0. The van der Waals surface area contributed by atoms with E-state index in [2.05, 4.69) is 10.1 Å². The first-order valence-corrected chi connectivity index (χ1v) is 7.86. The predicted octanol–water partition coefficient (Wildman–Crippen LogP) is 1.50. The summed E-state index contributed by atoms with van der Waals surface area (Å²) in [5.41, 5.74) is 0. The largest absolute Gasteiger partial charge is 0.375 e. The Bertz CT molecular complexity index is 212. The molecule has 0 aromatic carbocycles. The highest BCUT2D eigenvalue weighted by molar-refractivity contribution is 8.76. The van der Waals surface area contributed by atoms with E-state index in [0.29, 0.717) is 25.8 Å². The molecule has 0 fully saturated rings. The average molecular weight is 265 g/mol. The number of ketones is 1. The van der Waals surface area contributed by atoms with E-state index in [1.807, 2.05) is 6.26 Å². The highest BCUT2D eigenvalue weighted by Crippen LogP contribution is 2.17. The maximum Gasteiger partial charge on any atom is 0.245 e. The van der Waals surface area contributed by atoms with Gasteiger partial charge in [0.2, 0.25) is 5.91 Å². The van der Waals surface area contributed by atoms with Gasteiger partial charge in [-0.25, -0.2) is 0 Å². The van der Waals surface area contributed by atoms with Crippen LogP contribution in [0.4, 0.5) is 0 Å². The van der Waals surface area contributed by atoms with Gasteiger partial charge < -0.3 is 10.1 Å². The Kier molecular flexibility index (Phi) is 11.1. The summed E-state index contributed by atoms with van der Waals surface area (Å²) in [6.07, 6.45) is 3.87. The molecular weight excluding hydrogens is 246 g/mol. The number of rotatable bonds is 10. The van der Waals surface area contributed by atoms with E-state index in [-0.39, 0.29) is 18.3 Å². The van der Waals surface area contributed by atoms with Crippen LogP contribution in [0.3, 0.4) is 0 Å². The molecule has 0 atom stereocenters. The molecule has 0 aromatic heterocycles. The summed E-state index contributed by atoms with van der Waals surface area (Å²) in [6.45, 7) is 0.627. The molecule has 0 aromatic rings. The number of Topliss-reactive ketones (excluding diaryl/α,β-unsaturated/α-hetero) is 1. The van der Waals surface area contributed by atoms with Crippen molar-refractivity contribution in [3.05, 3.63) is 0 Å². The van der Waals surface area contributed by atoms with Crippen molar-refractivity contribution in [1.29, 1.82) is 0 Å². The lowest BCUT2D eigenvalue weighted by atomic mass is 10.2. The van der Waals surface area contributed by atoms with Crippen molar-refractivity contribution in [1.82, 2.24) is 5.32 Å². The van der Waals surface area contributed by atoms with Gasteiger partial charge in [-0.1, -0.05) is 21.6 Å². The molecule has 0 aliphatic rings. The molecule has 0 heterocycles. The van der Waals surface area contributed by atoms with E-state index in [4.69, 9.17) is 0 Å². The second-order valence-corrected chi connectivity index (χ2v) is 5.85. The molecule has 0 radical (unpaired) electrons. The van der Waals surface area contributed by atoms with Crippen LogP contribution in [0.1, 0.15) is 19.3 Å². The van der Waals surface area contributed by atoms with Gasteiger partial charge in [-0.05, 0) is 12.7 Å². The van der Waals surface area contributed by atoms with Crippen molar-refractivity contribution in [2.75, 3.05) is 32.3 Å². The molecule has 1 N–H and O–H groups in total. The summed E-state index contributed by atoms with van der Waals surface area (Å²) in [5, 5.41) is 2.68. The molecule has 0 bridgehead atoms. The van der Waals surface area contributed by atoms with Gasteiger partial charge in [0.15, 0.2) is 0 Å². The quantitative estimate of drug-likeness (QED) is 0.479. The van der Waals surface area contributed by atoms with Crippen molar-refractivity contribution >= 4 is 33.3 Å². The van der Waals surface area contributed by atoms with Crippen LogP contribution in [-0.2, 0) is 14.3 Å². The lowest BCUT2D eigenvalue weighted by Gasteiger charge is -2.03. The highest BCUT2D eigenvalue weighted by atomic mass is 33.1. The van der Waals surface area contributed by atoms with Crippen molar-refractivity contribution in [2.45, 2.75) is 19.3 Å². The van der Waals surface area contributed by atoms with Gasteiger partial charge in [0.25, 0.3) is 0 Å². The van der Waals surface area contributed by atoms with E-state index in [0.717, 1.165) is 5.75 Å². The Morgan fingerprint density at radius 2 is 2.06 bits per heavy atom. The number of hydrogen-bond acceptors (Lipinski definition) is 5. The molecule has 16 heavy (non-hydrogen) atoms. The minimum atomic E-state index is -0.132. The summed E-state index contributed by atoms with van der Waals surface area (Å²) in [7, 11) is 4.85. The Morgan fingerprint density at radius 1 is 1.31 bits per heavy atom. The van der Waals surface area contributed by atoms with Crippen LogP contribution in [0, 0.1) is 0 Å². The van der Waals surface area contributed by atoms with Crippen LogP contribution < -0.4 is 5.32 Å². The molecule has 0 unspecified atom stereocenters. The Labute approximate surface area is 105 Å². The van der Waals surface area contributed by atoms with Crippen LogP contribution in [0.5, 0.6) is 0 Å². The normalized spacial score (nSPS) is 10.1. The standard InChI is InChI=1S/C10H19NO3S2/c1-14-8-10(13)11-6-3-4-9(12)5-7-16-15-2/h3-8H2,1-2H3,(H,11,13). The smallest absolute Gasteiger partial charge is 0.245 e. The lowest BCUT2D eigenvalue weighted by Crippen LogP contribution is -2.28. The van der Waals surface area contributed by atoms with Crippen LogP contribution >= 0.6 is 21.6 Å². The number of amides is 1. The van der Waals surface area contributed by atoms with Crippen LogP contribution in [-0.4, -0.2) is 44.0 Å². The van der Waals surface area contributed by atoms with Gasteiger partial charge in [-0.3, -0.25) is 9.59 Å². The van der Waals surface area contributed by atoms with E-state index in [1.165, 1.54) is 7.11 Å². The average Bonchev–Trinajstić information content (AvgIpc) is 2.25. The van der Waals surface area contributed by atoms with Gasteiger partial charge in [-0.15, -0.1) is 0 Å². The molecular formula is C10H19NO3S2. The zero-order valence-corrected chi connectivity index (χ0v) is 11.4. The third kappa shape index (κ3) is 10.3. The molecule has 0 aliphatic carbocycles. The second-order valence-electron chi connectivity index (χ2n) is 3.16. The number of carbonyl (C=O) groups is 2. The highest BCUT2D eigenvalue weighted by Gasteiger charge is 2.03. The molecule has 94 valence electrons. The molecule has 0 rings (SSSR count). The molecule has 1 amide bonds. The predicted molar refractivity (Wildman–Crippen MR) is 69.7 cm³/mol. The number of ether oxygens (including phenoxy) is 1. The fraction of sp³-hybridized carbons (Fsp3) is 0.800. The van der Waals surface area contributed by atoms with Gasteiger partial charge in [0.05, 0.1) is 0 Å². The van der Waals surface area contributed by atoms with Crippen LogP contribution in [0.2, 0.25) is 0 Å². The van der Waals surface area contributed by atoms with E-state index in [9.17, 15) is 9.59 Å². The SMILES string of the molecule is COCC(=O)NCCCC(=O)CCSSC. The summed E-state index contributed by atoms with van der Waals surface area (Å²) in [4.78, 5) is 22.3. The van der Waals surface area contributed by atoms with E-state index >= 15 is 0 Å². The van der Waals surface area contributed by atoms with Crippen molar-refractivity contribution < 1.29 is 14.3 Å². The van der Waals surface area contributed by atoms with Crippen molar-refractivity contribution in [3.63, 3.8) is 0 Å². The van der Waals surface area contributed by atoms with Gasteiger partial charge in [0, 0.05) is 32.2 Å². The number of carbonyl (C=O) groups excluding carboxylic acids is 2. The number of hydrogen-bond donors (Lipinski definition) is 1. The minimum absolute atomic E-state index is 0.0817. The van der Waals surface area contributed by atoms with E-state index in [1.54, 1.807) is 21.6 Å². The molecule has 4 nitrogen and oxygen atoms in total. The summed E-state index contributed by atoms with van der Waals surface area (Å²) in [5.74, 6) is 1.01. The first-order chi connectivity index (χ1) is 7.70. The molecule has 0 aliphatic heterocycles. The first kappa shape index (κ1) is 15.8. The third-order valence-electron chi connectivity index (χ3n) is 1.81. The number of methoxy groups -OCH3 is 1. The third-order valence-corrected chi connectivity index (χ3v) is 3.63. The summed E-state index contributed by atoms with van der Waals surface area (Å²) < 4.78 is 4.66. The monoisotopic (exact) mass is 265 g/mol. The zero-order chi connectivity index (χ0) is 12.2. The zero-order valence-electron chi connectivity index (χ0n) is 9.78. The topological polar surface area (TPSA) is 55.4 Å². The minimum Gasteiger partial charge on any atom is -0.375 e. The fourth-order valence-corrected chi connectivity index (χ4v) is 2.29. The number of nitrogens with one attached hydrogen (secondary N) is 1. The van der Waals surface area contributed by atoms with Gasteiger partial charge >= 0.3 is 0 Å². The van der Waals surface area contributed by atoms with Crippen LogP contribution in [0.25, 0.3) is 0 Å². The van der Waals surface area contributed by atoms with Gasteiger partial charge in [0.1, 0.15) is 12.4 Å². The molecule has 0 spiro atoms. The van der Waals surface area contributed by atoms with Crippen LogP contribution in [0.15, 0.2) is 0 Å². The molecule has 0 saturated heterocycles. The van der Waals surface area contributed by atoms with Crippen molar-refractivity contribution in [2.24, 2.45) is 0 Å². The van der Waals surface area contributed by atoms with E-state index < -0.39 is 0 Å². The van der Waals surface area contributed by atoms with Gasteiger partial charge in [-0.2, -0.15) is 0 Å². The Morgan fingerprint density at radius 3 is 2.69 bits per heavy atom. The Hall–Kier alpha value is -0.200. The molecule has 6 heteroatoms. The maximum atomic E-state index is 11.3. The summed E-state index contributed by atoms with van der Waals surface area (Å²) in [6, 6.07) is 0. The first-order valence-electron chi connectivity index (χ1n) is 5.13. The molecule has 0 saturated carbocycles. The second kappa shape index (κ2) is 11.3. The van der Waals surface area contributed by atoms with Crippen molar-refractivity contribution in [3.8, 4) is 0 Å².